The molecule has 3 heterocycles. The minimum absolute atomic E-state index is 0.0813. The van der Waals surface area contributed by atoms with Gasteiger partial charge in [0, 0.05) is 40.7 Å². The van der Waals surface area contributed by atoms with E-state index < -0.39 is 16.1 Å². The van der Waals surface area contributed by atoms with Gasteiger partial charge in [-0.1, -0.05) is 58.3 Å². The maximum atomic E-state index is 14.9. The molecule has 1 fully saturated rings. The predicted octanol–water partition coefficient (Wildman–Crippen LogP) is 7.81. The average molecular weight is 720 g/mol. The van der Waals surface area contributed by atoms with Gasteiger partial charge in [0.25, 0.3) is 0 Å². The van der Waals surface area contributed by atoms with E-state index >= 15 is 0 Å². The molecule has 0 spiro atoms. The first kappa shape index (κ1) is 36.6. The minimum atomic E-state index is -1.30. The molecule has 1 N–H and O–H groups in total. The van der Waals surface area contributed by atoms with Crippen molar-refractivity contribution in [1.82, 2.24) is 24.2 Å². The van der Waals surface area contributed by atoms with E-state index in [1.54, 1.807) is 6.07 Å². The summed E-state index contributed by atoms with van der Waals surface area (Å²) in [6, 6.07) is 11.9. The normalized spacial score (nSPS) is 17.8. The number of aryl methyl sites for hydroxylation is 2. The molecule has 12 heteroatoms. The lowest BCUT2D eigenvalue weighted by atomic mass is 9.81. The maximum absolute atomic E-state index is 14.9. The van der Waals surface area contributed by atoms with Crippen LogP contribution in [0.15, 0.2) is 30.3 Å². The van der Waals surface area contributed by atoms with Gasteiger partial charge in [-0.2, -0.15) is 5.10 Å². The van der Waals surface area contributed by atoms with Crippen molar-refractivity contribution in [3.05, 3.63) is 58.7 Å². The van der Waals surface area contributed by atoms with Gasteiger partial charge in [-0.05, 0) is 78.7 Å². The molecule has 270 valence electrons. The Morgan fingerprint density at radius 3 is 2.30 bits per heavy atom. The van der Waals surface area contributed by atoms with E-state index in [4.69, 9.17) is 19.6 Å². The average Bonchev–Trinajstić information content (AvgIpc) is 3.71. The van der Waals surface area contributed by atoms with E-state index in [-0.39, 0.29) is 30.5 Å². The summed E-state index contributed by atoms with van der Waals surface area (Å²) in [6.07, 6.45) is 1.46. The first-order chi connectivity index (χ1) is 23.6. The summed E-state index contributed by atoms with van der Waals surface area (Å²) in [7, 11) is -2.59. The van der Waals surface area contributed by atoms with E-state index in [2.05, 4.69) is 62.9 Å². The fourth-order valence-electron chi connectivity index (χ4n) is 6.75. The summed E-state index contributed by atoms with van der Waals surface area (Å²) in [5, 5.41) is 15.9. The number of fused-ring (bicyclic) bond motifs is 2. The summed E-state index contributed by atoms with van der Waals surface area (Å²) >= 11 is 0. The van der Waals surface area contributed by atoms with Crippen molar-refractivity contribution in [3.63, 3.8) is 0 Å². The van der Waals surface area contributed by atoms with Gasteiger partial charge in [0.15, 0.2) is 5.82 Å². The molecule has 1 aliphatic heterocycles. The molecule has 50 heavy (non-hydrogen) atoms. The summed E-state index contributed by atoms with van der Waals surface area (Å²) in [4.78, 5) is 20.3. The fourth-order valence-corrected chi connectivity index (χ4v) is 8.26. The van der Waals surface area contributed by atoms with Crippen LogP contribution >= 0.6 is 0 Å². The predicted molar refractivity (Wildman–Crippen MR) is 202 cm³/mol. The zero-order valence-electron chi connectivity index (χ0n) is 31.1. The first-order valence-corrected chi connectivity index (χ1v) is 25.5. The van der Waals surface area contributed by atoms with Gasteiger partial charge in [0.05, 0.1) is 36.1 Å². The van der Waals surface area contributed by atoms with Crippen LogP contribution < -0.4 is 0 Å². The number of imidazole rings is 1. The van der Waals surface area contributed by atoms with Crippen molar-refractivity contribution < 1.29 is 23.8 Å². The lowest BCUT2D eigenvalue weighted by Gasteiger charge is -2.33. The van der Waals surface area contributed by atoms with Crippen LogP contribution in [0, 0.1) is 18.7 Å². The third-order valence-electron chi connectivity index (χ3n) is 10.1. The smallest absolute Gasteiger partial charge is 0.226 e. The number of nitrogens with zero attached hydrogens (tertiary/aromatic N) is 5. The highest BCUT2D eigenvalue weighted by atomic mass is 28.3. The van der Waals surface area contributed by atoms with Crippen molar-refractivity contribution in [1.29, 1.82) is 0 Å². The molecule has 0 bridgehead atoms. The number of aliphatic hydroxyl groups excluding tert-OH is 1. The number of hydrogen-bond donors (Lipinski definition) is 1. The Morgan fingerprint density at radius 2 is 1.66 bits per heavy atom. The standard InChI is InChI=1S/C38H54FN5O4Si2/c1-9-26-16-25(2)32(39)20-31(26)27-10-11-30-34(19-27)44(24-48-13-15-50(6,7)8)41-36(30)37-40-33-21-42(38(46)28-17-29(45)18-28)22-35(33)43(37)23-47-12-14-49(3,4)5/h10-11,16,19-20,28-29,45H,9,12-15,17-18,21-24H2,1-8H3. The summed E-state index contributed by atoms with van der Waals surface area (Å²) < 4.78 is 31.4. The number of hydrogen-bond acceptors (Lipinski definition) is 6. The molecule has 0 saturated heterocycles. The van der Waals surface area contributed by atoms with Gasteiger partial charge in [-0.3, -0.25) is 4.79 Å². The number of ether oxygens (including phenoxy) is 2. The number of rotatable bonds is 14. The van der Waals surface area contributed by atoms with Crippen molar-refractivity contribution >= 4 is 33.0 Å². The second-order valence-corrected chi connectivity index (χ2v) is 27.9. The van der Waals surface area contributed by atoms with Crippen LogP contribution in [-0.4, -0.2) is 70.7 Å². The Morgan fingerprint density at radius 1 is 0.980 bits per heavy atom. The molecule has 0 unspecified atom stereocenters. The first-order valence-electron chi connectivity index (χ1n) is 18.1. The fraction of sp³-hybridized carbons (Fsp3) is 0.553. The molecule has 0 radical (unpaired) electrons. The summed E-state index contributed by atoms with van der Waals surface area (Å²) in [5.74, 6) is 0.453. The van der Waals surface area contributed by atoms with Crippen LogP contribution in [0.3, 0.4) is 0 Å². The molecule has 2 aromatic heterocycles. The zero-order valence-corrected chi connectivity index (χ0v) is 33.1. The number of aromatic nitrogens is 4. The van der Waals surface area contributed by atoms with Crippen LogP contribution in [-0.2, 0) is 47.2 Å². The number of carbonyl (C=O) groups is 1. The third-order valence-corrected chi connectivity index (χ3v) is 13.5. The van der Waals surface area contributed by atoms with Gasteiger partial charge in [0.1, 0.15) is 25.0 Å². The Hall–Kier alpha value is -3.17. The molecule has 9 nitrogen and oxygen atoms in total. The van der Waals surface area contributed by atoms with Crippen LogP contribution in [0.2, 0.25) is 51.4 Å². The largest absolute Gasteiger partial charge is 0.393 e. The second kappa shape index (κ2) is 14.5. The Kier molecular flexibility index (Phi) is 10.6. The molecule has 2 aliphatic rings. The molecule has 1 aliphatic carbocycles. The van der Waals surface area contributed by atoms with Crippen LogP contribution in [0.4, 0.5) is 4.39 Å². The number of halogens is 1. The quantitative estimate of drug-likeness (QED) is 0.106. The monoisotopic (exact) mass is 719 g/mol. The van der Waals surface area contributed by atoms with Gasteiger partial charge in [-0.25, -0.2) is 14.1 Å². The highest BCUT2D eigenvalue weighted by molar-refractivity contribution is 6.76. The van der Waals surface area contributed by atoms with E-state index in [1.807, 2.05) is 28.6 Å². The zero-order chi connectivity index (χ0) is 36.0. The lowest BCUT2D eigenvalue weighted by Crippen LogP contribution is -2.41. The second-order valence-electron chi connectivity index (χ2n) is 16.7. The third kappa shape index (κ3) is 7.99. The molecular formula is C38H54FN5O4Si2. The maximum Gasteiger partial charge on any atom is 0.226 e. The number of carbonyl (C=O) groups excluding carboxylic acids is 1. The Balaban J connectivity index is 1.39. The van der Waals surface area contributed by atoms with Gasteiger partial charge < -0.3 is 24.0 Å². The molecule has 1 saturated carbocycles. The van der Waals surface area contributed by atoms with Crippen molar-refractivity contribution in [3.8, 4) is 22.6 Å². The van der Waals surface area contributed by atoms with Crippen LogP contribution in [0.25, 0.3) is 33.5 Å². The summed E-state index contributed by atoms with van der Waals surface area (Å²) in [5.41, 5.74) is 7.00. The molecule has 2 aromatic carbocycles. The van der Waals surface area contributed by atoms with Crippen LogP contribution in [0.1, 0.15) is 42.3 Å². The Labute approximate surface area is 297 Å². The molecule has 0 atom stereocenters. The van der Waals surface area contributed by atoms with E-state index in [9.17, 15) is 14.3 Å². The molecule has 1 amide bonds. The Bertz CT molecular complexity index is 1870. The molecule has 4 aromatic rings. The van der Waals surface area contributed by atoms with Crippen molar-refractivity contribution in [2.45, 2.75) is 117 Å². The van der Waals surface area contributed by atoms with Gasteiger partial charge in [-0.15, -0.1) is 0 Å². The number of aliphatic hydroxyl groups is 1. The lowest BCUT2D eigenvalue weighted by molar-refractivity contribution is -0.143. The van der Waals surface area contributed by atoms with Crippen molar-refractivity contribution in [2.24, 2.45) is 5.92 Å². The highest BCUT2D eigenvalue weighted by Gasteiger charge is 2.39. The topological polar surface area (TPSA) is 94.6 Å². The SMILES string of the molecule is CCc1cc(C)c(F)cc1-c1ccc2c(-c3nc4c(n3COCC[Si](C)(C)C)CN(C(=O)C3CC(O)C3)C4)nn(COCC[Si](C)(C)C)c2c1. The summed E-state index contributed by atoms with van der Waals surface area (Å²) in [6.45, 7) is 20.7. The van der Waals surface area contributed by atoms with Gasteiger partial charge in [0.2, 0.25) is 5.91 Å². The number of benzene rings is 2. The number of amides is 1. The van der Waals surface area contributed by atoms with Gasteiger partial charge >= 0.3 is 0 Å². The van der Waals surface area contributed by atoms with E-state index in [0.717, 1.165) is 63.2 Å². The van der Waals surface area contributed by atoms with Crippen LogP contribution in [0.5, 0.6) is 0 Å². The van der Waals surface area contributed by atoms with Crippen molar-refractivity contribution in [2.75, 3.05) is 13.2 Å². The van der Waals surface area contributed by atoms with E-state index in [1.165, 1.54) is 0 Å². The molecular weight excluding hydrogens is 666 g/mol. The molecule has 6 rings (SSSR count). The highest BCUT2D eigenvalue weighted by Crippen LogP contribution is 2.37. The minimum Gasteiger partial charge on any atom is -0.393 e. The van der Waals surface area contributed by atoms with E-state index in [0.29, 0.717) is 57.3 Å².